The summed E-state index contributed by atoms with van der Waals surface area (Å²) in [5.41, 5.74) is 0.696. The zero-order valence-electron chi connectivity index (χ0n) is 11.0. The fourth-order valence-electron chi connectivity index (χ4n) is 4.09. The predicted octanol–water partition coefficient (Wildman–Crippen LogP) is 2.85. The number of hydrogen-bond acceptors (Lipinski definition) is 3. The molecule has 110 valence electrons. The lowest BCUT2D eigenvalue weighted by molar-refractivity contribution is -0.145. The second-order valence-electron chi connectivity index (χ2n) is 5.96. The Morgan fingerprint density at radius 1 is 1.29 bits per heavy atom. The lowest BCUT2D eigenvalue weighted by Crippen LogP contribution is -2.40. The van der Waals surface area contributed by atoms with Gasteiger partial charge in [-0.3, -0.25) is 9.59 Å². The number of rotatable bonds is 2. The van der Waals surface area contributed by atoms with Gasteiger partial charge in [0.1, 0.15) is 6.10 Å². The fourth-order valence-corrected chi connectivity index (χ4v) is 5.26. The van der Waals surface area contributed by atoms with Crippen molar-refractivity contribution in [1.29, 1.82) is 0 Å². The molecule has 1 heterocycles. The van der Waals surface area contributed by atoms with Gasteiger partial charge >= 0.3 is 5.97 Å². The SMILES string of the molecule is O=C(Nc1ccc(Cl)cc1)[C@@H]1[C@H]2C[C@H]3[C@H](OC(=O)[C@H]31)[C@H]2Br. The van der Waals surface area contributed by atoms with Gasteiger partial charge in [-0.05, 0) is 36.6 Å². The maximum atomic E-state index is 12.6. The number of hydrogen-bond donors (Lipinski definition) is 1. The van der Waals surface area contributed by atoms with E-state index in [9.17, 15) is 9.59 Å². The first-order valence-electron chi connectivity index (χ1n) is 6.97. The number of halogens is 2. The minimum Gasteiger partial charge on any atom is -0.461 e. The molecular formula is C15H13BrClNO3. The van der Waals surface area contributed by atoms with E-state index in [1.165, 1.54) is 0 Å². The number of alkyl halides is 1. The fraction of sp³-hybridized carbons (Fsp3) is 0.467. The van der Waals surface area contributed by atoms with Gasteiger partial charge in [0.05, 0.1) is 16.7 Å². The maximum absolute atomic E-state index is 12.6. The van der Waals surface area contributed by atoms with Crippen LogP contribution in [0.2, 0.25) is 5.02 Å². The molecule has 0 aromatic heterocycles. The number of benzene rings is 1. The maximum Gasteiger partial charge on any atom is 0.310 e. The molecule has 4 rings (SSSR count). The summed E-state index contributed by atoms with van der Waals surface area (Å²) in [6.07, 6.45) is 0.836. The summed E-state index contributed by atoms with van der Waals surface area (Å²) in [5.74, 6) is -0.540. The van der Waals surface area contributed by atoms with Crippen LogP contribution >= 0.6 is 27.5 Å². The Morgan fingerprint density at radius 3 is 2.71 bits per heavy atom. The van der Waals surface area contributed by atoms with Crippen LogP contribution in [0.1, 0.15) is 6.42 Å². The van der Waals surface area contributed by atoms with Crippen LogP contribution in [-0.4, -0.2) is 22.8 Å². The third-order valence-corrected chi connectivity index (χ3v) is 6.39. The van der Waals surface area contributed by atoms with Crippen molar-refractivity contribution in [1.82, 2.24) is 0 Å². The van der Waals surface area contributed by atoms with E-state index >= 15 is 0 Å². The van der Waals surface area contributed by atoms with E-state index in [-0.39, 0.29) is 46.5 Å². The first-order valence-corrected chi connectivity index (χ1v) is 8.26. The second kappa shape index (κ2) is 4.71. The van der Waals surface area contributed by atoms with Crippen molar-refractivity contribution in [2.75, 3.05) is 5.32 Å². The van der Waals surface area contributed by atoms with E-state index in [0.717, 1.165) is 6.42 Å². The molecule has 2 bridgehead atoms. The highest BCUT2D eigenvalue weighted by Gasteiger charge is 2.67. The highest BCUT2D eigenvalue weighted by atomic mass is 79.9. The van der Waals surface area contributed by atoms with E-state index in [1.54, 1.807) is 24.3 Å². The Balaban J connectivity index is 1.57. The van der Waals surface area contributed by atoms with Crippen molar-refractivity contribution in [3.63, 3.8) is 0 Å². The van der Waals surface area contributed by atoms with Crippen molar-refractivity contribution < 1.29 is 14.3 Å². The highest BCUT2D eigenvalue weighted by molar-refractivity contribution is 9.09. The molecule has 0 radical (unpaired) electrons. The largest absolute Gasteiger partial charge is 0.461 e. The normalized spacial score (nSPS) is 39.4. The van der Waals surface area contributed by atoms with E-state index < -0.39 is 0 Å². The molecule has 1 amide bonds. The van der Waals surface area contributed by atoms with Crippen LogP contribution < -0.4 is 5.32 Å². The van der Waals surface area contributed by atoms with Crippen molar-refractivity contribution in [3.8, 4) is 0 Å². The first-order chi connectivity index (χ1) is 10.1. The molecule has 4 nitrogen and oxygen atoms in total. The molecule has 1 aromatic rings. The summed E-state index contributed by atoms with van der Waals surface area (Å²) in [4.78, 5) is 24.7. The Kier molecular flexibility index (Phi) is 3.05. The summed E-state index contributed by atoms with van der Waals surface area (Å²) in [6.45, 7) is 0. The molecule has 21 heavy (non-hydrogen) atoms. The van der Waals surface area contributed by atoms with E-state index in [4.69, 9.17) is 16.3 Å². The first kappa shape index (κ1) is 13.6. The smallest absolute Gasteiger partial charge is 0.310 e. The monoisotopic (exact) mass is 369 g/mol. The standard InChI is InChI=1S/C15H13BrClNO3/c16-12-8-5-9-11(15(20)21-13(9)12)10(8)14(19)18-7-3-1-6(17)2-4-7/h1-4,8-13H,5H2,(H,18,19)/t8-,9-,10-,11-,12+,13+/m1/s1. The second-order valence-corrected chi connectivity index (χ2v) is 7.45. The summed E-state index contributed by atoms with van der Waals surface area (Å²) >= 11 is 9.44. The van der Waals surface area contributed by atoms with Gasteiger partial charge in [0.2, 0.25) is 5.91 Å². The molecule has 6 heteroatoms. The molecule has 1 aliphatic heterocycles. The summed E-state index contributed by atoms with van der Waals surface area (Å²) in [5, 5.41) is 3.51. The third-order valence-electron chi connectivity index (χ3n) is 4.94. The predicted molar refractivity (Wildman–Crippen MR) is 81.3 cm³/mol. The number of fused-ring (bicyclic) bond motifs is 1. The van der Waals surface area contributed by atoms with E-state index in [2.05, 4.69) is 21.2 Å². The summed E-state index contributed by atoms with van der Waals surface area (Å²) in [6, 6.07) is 6.97. The van der Waals surface area contributed by atoms with Crippen molar-refractivity contribution >= 4 is 45.1 Å². The lowest BCUT2D eigenvalue weighted by atomic mass is 9.79. The Morgan fingerprint density at radius 2 is 2.00 bits per heavy atom. The molecule has 3 aliphatic rings. The van der Waals surface area contributed by atoms with E-state index in [0.29, 0.717) is 10.7 Å². The zero-order chi connectivity index (χ0) is 14.7. The van der Waals surface area contributed by atoms with Gasteiger partial charge in [0.25, 0.3) is 0 Å². The van der Waals surface area contributed by atoms with Gasteiger partial charge in [0.15, 0.2) is 0 Å². The topological polar surface area (TPSA) is 55.4 Å². The summed E-state index contributed by atoms with van der Waals surface area (Å²) < 4.78 is 5.41. The molecule has 2 saturated carbocycles. The van der Waals surface area contributed by atoms with Gasteiger partial charge in [0, 0.05) is 16.6 Å². The van der Waals surface area contributed by atoms with Crippen LogP contribution in [0.15, 0.2) is 24.3 Å². The number of nitrogens with one attached hydrogen (secondary N) is 1. The average molecular weight is 371 g/mol. The number of esters is 1. The van der Waals surface area contributed by atoms with Crippen molar-refractivity contribution in [2.24, 2.45) is 23.7 Å². The Bertz CT molecular complexity index is 620. The van der Waals surface area contributed by atoms with Gasteiger partial charge in [-0.25, -0.2) is 0 Å². The molecule has 0 unspecified atom stereocenters. The molecule has 1 N–H and O–H groups in total. The average Bonchev–Trinajstić information content (AvgIpc) is 3.05. The van der Waals surface area contributed by atoms with Crippen LogP contribution in [0.5, 0.6) is 0 Å². The number of ether oxygens (including phenoxy) is 1. The Hall–Kier alpha value is -1.07. The lowest BCUT2D eigenvalue weighted by Gasteiger charge is -2.27. The number of carbonyl (C=O) groups excluding carboxylic acids is 2. The minimum atomic E-state index is -0.304. The van der Waals surface area contributed by atoms with Crippen LogP contribution in [0.3, 0.4) is 0 Å². The van der Waals surface area contributed by atoms with Crippen molar-refractivity contribution in [3.05, 3.63) is 29.3 Å². The van der Waals surface area contributed by atoms with Gasteiger partial charge < -0.3 is 10.1 Å². The molecule has 3 fully saturated rings. The van der Waals surface area contributed by atoms with Gasteiger partial charge in [-0.2, -0.15) is 0 Å². The molecule has 1 aromatic carbocycles. The van der Waals surface area contributed by atoms with Crippen LogP contribution in [0.25, 0.3) is 0 Å². The molecular weight excluding hydrogens is 358 g/mol. The molecule has 6 atom stereocenters. The van der Waals surface area contributed by atoms with Crippen LogP contribution in [0.4, 0.5) is 5.69 Å². The molecule has 1 saturated heterocycles. The number of amides is 1. The van der Waals surface area contributed by atoms with Crippen LogP contribution in [-0.2, 0) is 14.3 Å². The third kappa shape index (κ3) is 1.94. The van der Waals surface area contributed by atoms with Crippen LogP contribution in [0, 0.1) is 23.7 Å². The van der Waals surface area contributed by atoms with Crippen molar-refractivity contribution in [2.45, 2.75) is 17.4 Å². The number of anilines is 1. The highest BCUT2D eigenvalue weighted by Crippen LogP contribution is 2.60. The molecule has 2 aliphatic carbocycles. The number of carbonyl (C=O) groups is 2. The molecule has 0 spiro atoms. The summed E-state index contributed by atoms with van der Waals surface area (Å²) in [7, 11) is 0. The van der Waals surface area contributed by atoms with Gasteiger partial charge in [-0.15, -0.1) is 0 Å². The quantitative estimate of drug-likeness (QED) is 0.643. The minimum absolute atomic E-state index is 0.0490. The van der Waals surface area contributed by atoms with Gasteiger partial charge in [-0.1, -0.05) is 27.5 Å². The Labute approximate surface area is 135 Å². The van der Waals surface area contributed by atoms with E-state index in [1.807, 2.05) is 0 Å². The zero-order valence-corrected chi connectivity index (χ0v) is 13.3.